The van der Waals surface area contributed by atoms with E-state index in [0.29, 0.717) is 18.0 Å². The number of carbonyl (C=O) groups excluding carboxylic acids is 2. The monoisotopic (exact) mass is 400 g/mol. The van der Waals surface area contributed by atoms with E-state index in [4.69, 9.17) is 15.2 Å². The number of thioether (sulfide) groups is 1. The van der Waals surface area contributed by atoms with Gasteiger partial charge in [0.05, 0.1) is 7.11 Å². The molecule has 0 heterocycles. The second-order valence-electron chi connectivity index (χ2n) is 5.80. The molecule has 3 N–H and O–H groups in total. The minimum atomic E-state index is -0.565. The minimum absolute atomic E-state index is 0.155. The first-order chi connectivity index (χ1) is 13.6. The van der Waals surface area contributed by atoms with Crippen LogP contribution in [0.15, 0.2) is 59.5 Å². The van der Waals surface area contributed by atoms with Gasteiger partial charge >= 0.3 is 0 Å². The number of ether oxygens (including phenoxy) is 2. The van der Waals surface area contributed by atoms with Gasteiger partial charge in [0.2, 0.25) is 5.91 Å². The lowest BCUT2D eigenvalue weighted by Crippen LogP contribution is -2.22. The standard InChI is InChI=1S/C21H24N2O4S/c1-26-19-14-16(8-10-18(19)27-15-20(22)24)9-11-21(25)23-12-5-13-28-17-6-3-2-4-7-17/h2-4,6-11,14H,5,12-13,15H2,1H3,(H2,22,24)(H,23,25)/b11-9+. The minimum Gasteiger partial charge on any atom is -0.493 e. The average Bonchev–Trinajstić information content (AvgIpc) is 2.71. The Kier molecular flexibility index (Phi) is 8.94. The van der Waals surface area contributed by atoms with Crippen LogP contribution >= 0.6 is 11.8 Å². The Hall–Kier alpha value is -2.93. The molecule has 2 aromatic rings. The van der Waals surface area contributed by atoms with Crippen molar-refractivity contribution in [2.45, 2.75) is 11.3 Å². The molecule has 0 bridgehead atoms. The first-order valence-electron chi connectivity index (χ1n) is 8.81. The van der Waals surface area contributed by atoms with E-state index in [9.17, 15) is 9.59 Å². The Bertz CT molecular complexity index is 809. The lowest BCUT2D eigenvalue weighted by atomic mass is 10.2. The molecule has 0 spiro atoms. The number of methoxy groups -OCH3 is 1. The second-order valence-corrected chi connectivity index (χ2v) is 6.97. The summed E-state index contributed by atoms with van der Waals surface area (Å²) in [6.07, 6.45) is 4.05. The van der Waals surface area contributed by atoms with Crippen molar-refractivity contribution in [3.63, 3.8) is 0 Å². The molecule has 0 fully saturated rings. The Labute approximate surface area is 169 Å². The molecule has 2 amide bonds. The molecule has 2 rings (SSSR count). The number of amides is 2. The van der Waals surface area contributed by atoms with Gasteiger partial charge in [0.15, 0.2) is 18.1 Å². The van der Waals surface area contributed by atoms with E-state index in [1.165, 1.54) is 18.1 Å². The van der Waals surface area contributed by atoms with Crippen LogP contribution in [0.3, 0.4) is 0 Å². The largest absolute Gasteiger partial charge is 0.493 e. The number of hydrogen-bond acceptors (Lipinski definition) is 5. The number of hydrogen-bond donors (Lipinski definition) is 2. The topological polar surface area (TPSA) is 90.7 Å². The zero-order valence-electron chi connectivity index (χ0n) is 15.7. The maximum atomic E-state index is 11.9. The molecule has 148 valence electrons. The summed E-state index contributed by atoms with van der Waals surface area (Å²) >= 11 is 1.77. The van der Waals surface area contributed by atoms with Crippen LogP contribution in [-0.2, 0) is 9.59 Å². The Morgan fingerprint density at radius 3 is 2.64 bits per heavy atom. The Morgan fingerprint density at radius 1 is 1.14 bits per heavy atom. The van der Waals surface area contributed by atoms with E-state index in [1.54, 1.807) is 36.0 Å². The molecule has 0 saturated heterocycles. The van der Waals surface area contributed by atoms with Crippen LogP contribution in [0.1, 0.15) is 12.0 Å². The lowest BCUT2D eigenvalue weighted by Gasteiger charge is -2.10. The number of carbonyl (C=O) groups is 2. The predicted molar refractivity (Wildman–Crippen MR) is 112 cm³/mol. The fourth-order valence-corrected chi connectivity index (χ4v) is 3.15. The summed E-state index contributed by atoms with van der Waals surface area (Å²) in [4.78, 5) is 24.0. The van der Waals surface area contributed by atoms with Crippen LogP contribution in [0, 0.1) is 0 Å². The molecule has 28 heavy (non-hydrogen) atoms. The molecule has 0 saturated carbocycles. The van der Waals surface area contributed by atoms with E-state index < -0.39 is 5.91 Å². The van der Waals surface area contributed by atoms with Gasteiger partial charge in [-0.2, -0.15) is 0 Å². The highest BCUT2D eigenvalue weighted by molar-refractivity contribution is 7.99. The quantitative estimate of drug-likeness (QED) is 0.344. The van der Waals surface area contributed by atoms with Gasteiger partial charge in [-0.3, -0.25) is 9.59 Å². The molecule has 0 aromatic heterocycles. The van der Waals surface area contributed by atoms with Crippen LogP contribution in [0.2, 0.25) is 0 Å². The molecule has 2 aromatic carbocycles. The number of primary amides is 1. The number of nitrogens with two attached hydrogens (primary N) is 1. The molecular weight excluding hydrogens is 376 g/mol. The highest BCUT2D eigenvalue weighted by Gasteiger charge is 2.06. The van der Waals surface area contributed by atoms with Crippen molar-refractivity contribution in [1.82, 2.24) is 5.32 Å². The summed E-state index contributed by atoms with van der Waals surface area (Å²) in [6.45, 7) is 0.392. The van der Waals surface area contributed by atoms with Gasteiger partial charge in [-0.05, 0) is 48.1 Å². The van der Waals surface area contributed by atoms with Crippen LogP contribution in [0.5, 0.6) is 11.5 Å². The first-order valence-corrected chi connectivity index (χ1v) is 9.80. The van der Waals surface area contributed by atoms with Crippen molar-refractivity contribution in [2.24, 2.45) is 5.73 Å². The summed E-state index contributed by atoms with van der Waals surface area (Å²) in [5.41, 5.74) is 5.85. The van der Waals surface area contributed by atoms with Gasteiger partial charge in [0.1, 0.15) is 0 Å². The summed E-state index contributed by atoms with van der Waals surface area (Å²) in [5, 5.41) is 2.87. The predicted octanol–water partition coefficient (Wildman–Crippen LogP) is 2.87. The summed E-state index contributed by atoms with van der Waals surface area (Å²) in [7, 11) is 1.50. The number of nitrogens with one attached hydrogen (secondary N) is 1. The van der Waals surface area contributed by atoms with Gasteiger partial charge in [-0.1, -0.05) is 24.3 Å². The van der Waals surface area contributed by atoms with Crippen LogP contribution in [-0.4, -0.2) is 37.8 Å². The highest BCUT2D eigenvalue weighted by Crippen LogP contribution is 2.28. The Morgan fingerprint density at radius 2 is 1.93 bits per heavy atom. The third kappa shape index (κ3) is 7.75. The fourth-order valence-electron chi connectivity index (χ4n) is 2.28. The number of rotatable bonds is 11. The second kappa shape index (κ2) is 11.7. The molecule has 0 unspecified atom stereocenters. The summed E-state index contributed by atoms with van der Waals surface area (Å²) in [5.74, 6) is 1.10. The third-order valence-corrected chi connectivity index (χ3v) is 4.72. The van der Waals surface area contributed by atoms with Crippen molar-refractivity contribution in [2.75, 3.05) is 26.0 Å². The van der Waals surface area contributed by atoms with E-state index >= 15 is 0 Å². The van der Waals surface area contributed by atoms with Crippen molar-refractivity contribution in [3.8, 4) is 11.5 Å². The maximum Gasteiger partial charge on any atom is 0.255 e. The number of benzene rings is 2. The van der Waals surface area contributed by atoms with Crippen molar-refractivity contribution >= 4 is 29.7 Å². The molecule has 0 aliphatic carbocycles. The van der Waals surface area contributed by atoms with Crippen LogP contribution < -0.4 is 20.5 Å². The zero-order chi connectivity index (χ0) is 20.2. The van der Waals surface area contributed by atoms with Crippen LogP contribution in [0.25, 0.3) is 6.08 Å². The molecule has 0 radical (unpaired) electrons. The van der Waals surface area contributed by atoms with E-state index in [0.717, 1.165) is 17.7 Å². The van der Waals surface area contributed by atoms with Crippen molar-refractivity contribution < 1.29 is 19.1 Å². The lowest BCUT2D eigenvalue weighted by molar-refractivity contribution is -0.120. The molecule has 0 aliphatic heterocycles. The SMILES string of the molecule is COc1cc(/C=C/C(=O)NCCCSc2ccccc2)ccc1OCC(N)=O. The van der Waals surface area contributed by atoms with Gasteiger partial charge in [0.25, 0.3) is 5.91 Å². The molecule has 0 aliphatic rings. The fraction of sp³-hybridized carbons (Fsp3) is 0.238. The van der Waals surface area contributed by atoms with Gasteiger partial charge in [0, 0.05) is 17.5 Å². The third-order valence-electron chi connectivity index (χ3n) is 3.62. The smallest absolute Gasteiger partial charge is 0.255 e. The zero-order valence-corrected chi connectivity index (χ0v) is 16.5. The van der Waals surface area contributed by atoms with E-state index in [1.807, 2.05) is 18.2 Å². The van der Waals surface area contributed by atoms with Crippen molar-refractivity contribution in [3.05, 3.63) is 60.2 Å². The maximum absolute atomic E-state index is 11.9. The normalized spacial score (nSPS) is 10.6. The molecular formula is C21H24N2O4S. The first kappa shape index (κ1) is 21.4. The van der Waals surface area contributed by atoms with Gasteiger partial charge in [-0.25, -0.2) is 0 Å². The molecule has 0 atom stereocenters. The molecule has 7 heteroatoms. The Balaban J connectivity index is 1.75. The summed E-state index contributed by atoms with van der Waals surface area (Å²) < 4.78 is 10.5. The van der Waals surface area contributed by atoms with Gasteiger partial charge < -0.3 is 20.5 Å². The summed E-state index contributed by atoms with van der Waals surface area (Å²) in [6, 6.07) is 15.3. The van der Waals surface area contributed by atoms with E-state index in [2.05, 4.69) is 17.4 Å². The van der Waals surface area contributed by atoms with E-state index in [-0.39, 0.29) is 12.5 Å². The van der Waals surface area contributed by atoms with Crippen LogP contribution in [0.4, 0.5) is 0 Å². The average molecular weight is 401 g/mol. The van der Waals surface area contributed by atoms with Crippen molar-refractivity contribution in [1.29, 1.82) is 0 Å². The van der Waals surface area contributed by atoms with Gasteiger partial charge in [-0.15, -0.1) is 11.8 Å². The molecule has 6 nitrogen and oxygen atoms in total. The highest BCUT2D eigenvalue weighted by atomic mass is 32.2.